The Hall–Kier alpha value is -4.53. The molecule has 0 bridgehead atoms. The van der Waals surface area contributed by atoms with Gasteiger partial charge in [0.2, 0.25) is 5.36 Å². The van der Waals surface area contributed by atoms with Gasteiger partial charge in [0.15, 0.2) is 11.1 Å². The molecule has 0 N–H and O–H groups in total. The summed E-state index contributed by atoms with van der Waals surface area (Å²) in [7, 11) is 3.18. The van der Waals surface area contributed by atoms with E-state index in [1.165, 1.54) is 0 Å². The van der Waals surface area contributed by atoms with E-state index in [4.69, 9.17) is 18.3 Å². The Balaban J connectivity index is 1.36. The van der Waals surface area contributed by atoms with Crippen molar-refractivity contribution in [3.05, 3.63) is 88.9 Å². The molecule has 178 valence electrons. The molecule has 36 heavy (non-hydrogen) atoms. The molecule has 0 amide bonds. The van der Waals surface area contributed by atoms with Gasteiger partial charge in [-0.2, -0.15) is 0 Å². The minimum Gasteiger partial charge on any atom is -0.497 e. The third kappa shape index (κ3) is 2.86. The zero-order valence-electron chi connectivity index (χ0n) is 19.4. The molecule has 3 aromatic heterocycles. The summed E-state index contributed by atoms with van der Waals surface area (Å²) in [6.07, 6.45) is 3.38. The number of ether oxygens (including phenoxy) is 2. The summed E-state index contributed by atoms with van der Waals surface area (Å²) >= 11 is 0. The molecule has 6 nitrogen and oxygen atoms in total. The molecule has 5 aromatic rings. The van der Waals surface area contributed by atoms with Crippen molar-refractivity contribution >= 4 is 30.2 Å². The van der Waals surface area contributed by atoms with Gasteiger partial charge in [0.1, 0.15) is 28.6 Å². The highest BCUT2D eigenvalue weighted by atomic mass is 19.2. The van der Waals surface area contributed by atoms with Gasteiger partial charge in [0.25, 0.3) is 0 Å². The van der Waals surface area contributed by atoms with Crippen molar-refractivity contribution in [1.82, 2.24) is 8.96 Å². The first-order valence-corrected chi connectivity index (χ1v) is 11.4. The van der Waals surface area contributed by atoms with E-state index >= 15 is 8.63 Å². The van der Waals surface area contributed by atoms with Crippen molar-refractivity contribution in [2.24, 2.45) is 0 Å². The molecule has 0 radical (unpaired) electrons. The van der Waals surface area contributed by atoms with E-state index in [0.29, 0.717) is 56.3 Å². The van der Waals surface area contributed by atoms with Crippen LogP contribution in [-0.2, 0) is 0 Å². The normalized spacial score (nSPS) is 15.2. The van der Waals surface area contributed by atoms with Gasteiger partial charge in [-0.1, -0.05) is 0 Å². The van der Waals surface area contributed by atoms with Crippen LogP contribution >= 0.6 is 0 Å². The predicted octanol–water partition coefficient (Wildman–Crippen LogP) is 4.74. The summed E-state index contributed by atoms with van der Waals surface area (Å²) in [4.78, 5) is 0. The molecule has 0 atom stereocenters. The average molecular weight is 484 g/mol. The first kappa shape index (κ1) is 20.8. The molecule has 0 aliphatic carbocycles. The van der Waals surface area contributed by atoms with Crippen LogP contribution in [0.2, 0.25) is 0 Å². The minimum atomic E-state index is -4.21. The molecule has 0 saturated heterocycles. The maximum Gasteiger partial charge on any atom is 0.738 e. The molecular weight excluding hydrogens is 465 g/mol. The van der Waals surface area contributed by atoms with Gasteiger partial charge < -0.3 is 35.9 Å². The number of fused-ring (bicyclic) bond motifs is 5. The number of hydrogen-bond donors (Lipinski definition) is 0. The van der Waals surface area contributed by atoms with Gasteiger partial charge in [0, 0.05) is 35.0 Å². The Morgan fingerprint density at radius 2 is 1.39 bits per heavy atom. The van der Waals surface area contributed by atoms with E-state index in [1.54, 1.807) is 68.8 Å². The van der Waals surface area contributed by atoms with Gasteiger partial charge in [0.05, 0.1) is 31.9 Å². The number of halogens is 2. The fraction of sp³-hybridized carbons (Fsp3) is 0.0741. The summed E-state index contributed by atoms with van der Waals surface area (Å²) in [5.41, 5.74) is 3.47. The van der Waals surface area contributed by atoms with Gasteiger partial charge in [-0.3, -0.25) is 0 Å². The second kappa shape index (κ2) is 7.24. The third-order valence-electron chi connectivity index (χ3n) is 6.78. The standard InChI is InChI=1S/C27H19BF2N2O4/c1-33-20-7-3-16(4-8-20)24-14-22-26(35-24)12-18-11-19-13-27-23(32(19)28(29,30)31(18)22)15-25(36-27)17-5-9-21(34-2)10-6-17/h3-15H,1-2H3. The Kier molecular flexibility index (Phi) is 4.19. The number of aromatic nitrogens is 1. The number of methoxy groups -OCH3 is 2. The number of hydrogen-bond acceptors (Lipinski definition) is 4. The molecule has 0 spiro atoms. The zero-order valence-corrected chi connectivity index (χ0v) is 19.4. The van der Waals surface area contributed by atoms with Gasteiger partial charge in [-0.15, -0.1) is 0 Å². The summed E-state index contributed by atoms with van der Waals surface area (Å²) in [6, 6.07) is 19.5. The molecule has 2 aromatic carbocycles. The monoisotopic (exact) mass is 484 g/mol. The lowest BCUT2D eigenvalue weighted by Gasteiger charge is -2.27. The van der Waals surface area contributed by atoms with Crippen LogP contribution in [0.4, 0.5) is 8.63 Å². The molecule has 2 aliphatic heterocycles. The van der Waals surface area contributed by atoms with Crippen LogP contribution < -0.4 is 24.7 Å². The maximum absolute atomic E-state index is 16.2. The summed E-state index contributed by atoms with van der Waals surface area (Å²) in [5, 5.41) is 0.337. The van der Waals surface area contributed by atoms with E-state index in [0.717, 1.165) is 20.1 Å². The van der Waals surface area contributed by atoms with Crippen LogP contribution in [0.15, 0.2) is 81.3 Å². The maximum atomic E-state index is 16.2. The molecule has 9 heteroatoms. The van der Waals surface area contributed by atoms with Crippen molar-refractivity contribution in [1.29, 1.82) is 0 Å². The largest absolute Gasteiger partial charge is 0.738 e. The first-order chi connectivity index (χ1) is 17.5. The van der Waals surface area contributed by atoms with Crippen LogP contribution in [-0.4, -0.2) is 25.7 Å². The van der Waals surface area contributed by atoms with Gasteiger partial charge >= 0.3 is 6.97 Å². The SMILES string of the molecule is COc1ccc(-c2cc3c(o2)=CC2=Cc4cc5oc(-c6ccc(OC)cc6)cc5n4[B-](F)(F)[N+]=32)cc1. The molecule has 7 rings (SSSR count). The van der Waals surface area contributed by atoms with Gasteiger partial charge in [-0.25, -0.2) is 0 Å². The van der Waals surface area contributed by atoms with Gasteiger partial charge in [-0.05, 0) is 48.5 Å². The number of rotatable bonds is 4. The predicted molar refractivity (Wildman–Crippen MR) is 133 cm³/mol. The first-order valence-electron chi connectivity index (χ1n) is 11.4. The van der Waals surface area contributed by atoms with E-state index < -0.39 is 6.97 Å². The van der Waals surface area contributed by atoms with Crippen LogP contribution in [0, 0.1) is 0 Å². The summed E-state index contributed by atoms with van der Waals surface area (Å²) in [6.45, 7) is -4.21. The average Bonchev–Trinajstić information content (AvgIpc) is 3.62. The van der Waals surface area contributed by atoms with Crippen molar-refractivity contribution < 1.29 is 26.9 Å². The lowest BCUT2D eigenvalue weighted by Crippen LogP contribution is -2.55. The summed E-state index contributed by atoms with van der Waals surface area (Å²) < 4.78 is 56.9. The third-order valence-corrected chi connectivity index (χ3v) is 6.78. The molecule has 0 saturated carbocycles. The zero-order chi connectivity index (χ0) is 24.6. The van der Waals surface area contributed by atoms with E-state index in [2.05, 4.69) is 0 Å². The number of nitrogens with zero attached hydrogens (tertiary/aromatic N) is 2. The highest BCUT2D eigenvalue weighted by molar-refractivity contribution is 6.65. The van der Waals surface area contributed by atoms with Crippen LogP contribution in [0.5, 0.6) is 11.5 Å². The highest BCUT2D eigenvalue weighted by Gasteiger charge is 2.52. The Labute approximate surface area is 203 Å². The molecule has 5 heterocycles. The Morgan fingerprint density at radius 3 is 2.00 bits per heavy atom. The van der Waals surface area contributed by atoms with E-state index in [-0.39, 0.29) is 0 Å². The lowest BCUT2D eigenvalue weighted by atomic mass is 9.91. The number of benzene rings is 2. The van der Waals surface area contributed by atoms with E-state index in [1.807, 2.05) is 24.3 Å². The number of furan rings is 2. The quantitative estimate of drug-likeness (QED) is 0.346. The fourth-order valence-electron chi connectivity index (χ4n) is 5.04. The van der Waals surface area contributed by atoms with E-state index in [9.17, 15) is 0 Å². The second-order valence-corrected chi connectivity index (χ2v) is 8.79. The van der Waals surface area contributed by atoms with Crippen molar-refractivity contribution in [2.45, 2.75) is 0 Å². The smallest absolute Gasteiger partial charge is 0.497 e. The molecule has 0 unspecified atom stereocenters. The second-order valence-electron chi connectivity index (χ2n) is 8.79. The Morgan fingerprint density at radius 1 is 0.778 bits per heavy atom. The highest BCUT2D eigenvalue weighted by Crippen LogP contribution is 2.37. The fourth-order valence-corrected chi connectivity index (χ4v) is 5.04. The van der Waals surface area contributed by atoms with Crippen molar-refractivity contribution in [3.63, 3.8) is 0 Å². The van der Waals surface area contributed by atoms with Crippen molar-refractivity contribution in [3.8, 4) is 34.1 Å². The molecule has 0 fully saturated rings. The number of allylic oxidation sites excluding steroid dienone is 1. The van der Waals surface area contributed by atoms with Crippen LogP contribution in [0.3, 0.4) is 0 Å². The molecule has 2 aliphatic rings. The lowest BCUT2D eigenvalue weighted by molar-refractivity contribution is 0.414. The van der Waals surface area contributed by atoms with Crippen LogP contribution in [0.1, 0.15) is 5.69 Å². The van der Waals surface area contributed by atoms with Crippen LogP contribution in [0.25, 0.3) is 45.9 Å². The topological polar surface area (TPSA) is 52.7 Å². The summed E-state index contributed by atoms with van der Waals surface area (Å²) in [5.74, 6) is 2.44. The minimum absolute atomic E-state index is 0.337. The van der Waals surface area contributed by atoms with Crippen molar-refractivity contribution in [2.75, 3.05) is 14.2 Å². The molecular formula is C27H19BF2N2O4. The Bertz CT molecular complexity index is 1830.